The normalized spacial score (nSPS) is 12.4. The number of benzene rings is 2. The number of allylic oxidation sites excluding steroid dienone is 1. The maximum atomic E-state index is 11.5. The summed E-state index contributed by atoms with van der Waals surface area (Å²) in [6.45, 7) is 1.95. The van der Waals surface area contributed by atoms with Gasteiger partial charge in [-0.15, -0.1) is 0 Å². The highest BCUT2D eigenvalue weighted by atomic mass is 16.4. The van der Waals surface area contributed by atoms with E-state index in [4.69, 9.17) is 0 Å². The van der Waals surface area contributed by atoms with Crippen LogP contribution in [0.25, 0.3) is 6.08 Å². The summed E-state index contributed by atoms with van der Waals surface area (Å²) in [6, 6.07) is 17.6. The number of hydrogen-bond donors (Lipinski definition) is 1. The molecule has 0 aromatic heterocycles. The molecule has 2 rings (SSSR count). The van der Waals surface area contributed by atoms with E-state index >= 15 is 0 Å². The van der Waals surface area contributed by atoms with Crippen LogP contribution in [0.3, 0.4) is 0 Å². The van der Waals surface area contributed by atoms with Crippen LogP contribution < -0.4 is 0 Å². The zero-order chi connectivity index (χ0) is 14.4. The molecule has 102 valence electrons. The summed E-state index contributed by atoms with van der Waals surface area (Å²) >= 11 is 0. The van der Waals surface area contributed by atoms with Crippen molar-refractivity contribution in [2.75, 3.05) is 0 Å². The standard InChI is InChI=1S/C18H18O2/c1-14-8-5-6-12-16(14)17(18(19)20)13-7-11-15-9-3-2-4-10-15/h2-12,17H,13H2,1H3,(H,19,20). The number of carboxylic acids is 1. The van der Waals surface area contributed by atoms with Gasteiger partial charge in [-0.1, -0.05) is 66.7 Å². The second-order valence-corrected chi connectivity index (χ2v) is 4.80. The number of hydrogen-bond acceptors (Lipinski definition) is 1. The van der Waals surface area contributed by atoms with Crippen LogP contribution in [-0.2, 0) is 4.79 Å². The van der Waals surface area contributed by atoms with Crippen LogP contribution in [0.4, 0.5) is 0 Å². The quantitative estimate of drug-likeness (QED) is 0.877. The molecule has 0 bridgehead atoms. The number of carbonyl (C=O) groups is 1. The number of rotatable bonds is 5. The Bertz CT molecular complexity index is 600. The Balaban J connectivity index is 2.14. The lowest BCUT2D eigenvalue weighted by Gasteiger charge is -2.13. The van der Waals surface area contributed by atoms with Crippen molar-refractivity contribution >= 4 is 12.0 Å². The Labute approximate surface area is 119 Å². The molecule has 2 aromatic carbocycles. The predicted molar refractivity (Wildman–Crippen MR) is 81.6 cm³/mol. The minimum absolute atomic E-state index is 0.490. The molecular formula is C18H18O2. The van der Waals surface area contributed by atoms with Crippen molar-refractivity contribution in [3.8, 4) is 0 Å². The Morgan fingerprint density at radius 2 is 1.75 bits per heavy atom. The largest absolute Gasteiger partial charge is 0.481 e. The molecule has 0 saturated carbocycles. The Morgan fingerprint density at radius 3 is 2.40 bits per heavy atom. The van der Waals surface area contributed by atoms with Crippen LogP contribution in [0.1, 0.15) is 29.0 Å². The number of aliphatic carboxylic acids is 1. The van der Waals surface area contributed by atoms with Crippen molar-refractivity contribution in [1.29, 1.82) is 0 Å². The molecule has 0 aliphatic heterocycles. The highest BCUT2D eigenvalue weighted by molar-refractivity contribution is 5.77. The van der Waals surface area contributed by atoms with Crippen molar-refractivity contribution in [3.63, 3.8) is 0 Å². The Kier molecular flexibility index (Phi) is 4.72. The fourth-order valence-electron chi connectivity index (χ4n) is 2.24. The molecule has 0 spiro atoms. The zero-order valence-corrected chi connectivity index (χ0v) is 11.5. The predicted octanol–water partition coefficient (Wildman–Crippen LogP) is 4.27. The Hall–Kier alpha value is -2.35. The van der Waals surface area contributed by atoms with Gasteiger partial charge in [0.05, 0.1) is 5.92 Å². The van der Waals surface area contributed by atoms with Gasteiger partial charge in [-0.3, -0.25) is 4.79 Å². The molecule has 0 heterocycles. The zero-order valence-electron chi connectivity index (χ0n) is 11.5. The topological polar surface area (TPSA) is 37.3 Å². The van der Waals surface area contributed by atoms with E-state index in [9.17, 15) is 9.90 Å². The second kappa shape index (κ2) is 6.71. The minimum Gasteiger partial charge on any atom is -0.481 e. The molecule has 0 amide bonds. The van der Waals surface area contributed by atoms with Gasteiger partial charge in [0.2, 0.25) is 0 Å². The van der Waals surface area contributed by atoms with E-state index in [-0.39, 0.29) is 0 Å². The lowest BCUT2D eigenvalue weighted by atomic mass is 9.92. The van der Waals surface area contributed by atoms with E-state index < -0.39 is 11.9 Å². The van der Waals surface area contributed by atoms with Gasteiger partial charge in [0.25, 0.3) is 0 Å². The first-order chi connectivity index (χ1) is 9.68. The van der Waals surface area contributed by atoms with Gasteiger partial charge in [-0.25, -0.2) is 0 Å². The summed E-state index contributed by atoms with van der Waals surface area (Å²) in [7, 11) is 0. The van der Waals surface area contributed by atoms with Crippen molar-refractivity contribution in [2.24, 2.45) is 0 Å². The fraction of sp³-hybridized carbons (Fsp3) is 0.167. The third-order valence-corrected chi connectivity index (χ3v) is 3.34. The summed E-state index contributed by atoms with van der Waals surface area (Å²) in [4.78, 5) is 11.5. The van der Waals surface area contributed by atoms with Gasteiger partial charge < -0.3 is 5.11 Å². The SMILES string of the molecule is Cc1ccccc1C(CC=Cc1ccccc1)C(=O)O. The average Bonchev–Trinajstić information content (AvgIpc) is 2.45. The smallest absolute Gasteiger partial charge is 0.311 e. The molecule has 0 radical (unpaired) electrons. The average molecular weight is 266 g/mol. The maximum Gasteiger partial charge on any atom is 0.311 e. The van der Waals surface area contributed by atoms with Gasteiger partial charge in [0, 0.05) is 0 Å². The molecule has 1 atom stereocenters. The van der Waals surface area contributed by atoms with Crippen LogP contribution in [0.2, 0.25) is 0 Å². The second-order valence-electron chi connectivity index (χ2n) is 4.80. The van der Waals surface area contributed by atoms with E-state index in [0.29, 0.717) is 6.42 Å². The van der Waals surface area contributed by atoms with Crippen molar-refractivity contribution < 1.29 is 9.90 Å². The number of carboxylic acid groups (broad SMARTS) is 1. The lowest BCUT2D eigenvalue weighted by Crippen LogP contribution is -2.12. The van der Waals surface area contributed by atoms with E-state index in [1.54, 1.807) is 0 Å². The fourth-order valence-corrected chi connectivity index (χ4v) is 2.24. The summed E-state index contributed by atoms with van der Waals surface area (Å²) in [5.41, 5.74) is 2.99. The monoisotopic (exact) mass is 266 g/mol. The first kappa shape index (κ1) is 14.1. The first-order valence-electron chi connectivity index (χ1n) is 6.68. The molecule has 2 heteroatoms. The van der Waals surface area contributed by atoms with Crippen molar-refractivity contribution in [3.05, 3.63) is 77.4 Å². The van der Waals surface area contributed by atoms with E-state index in [0.717, 1.165) is 16.7 Å². The molecule has 0 aliphatic rings. The minimum atomic E-state index is -0.781. The van der Waals surface area contributed by atoms with Crippen LogP contribution in [-0.4, -0.2) is 11.1 Å². The molecule has 2 nitrogen and oxygen atoms in total. The van der Waals surface area contributed by atoms with Gasteiger partial charge in [0.1, 0.15) is 0 Å². The third-order valence-electron chi connectivity index (χ3n) is 3.34. The summed E-state index contributed by atoms with van der Waals surface area (Å²) in [5, 5.41) is 9.41. The van der Waals surface area contributed by atoms with Crippen LogP contribution in [0.15, 0.2) is 60.7 Å². The van der Waals surface area contributed by atoms with Gasteiger partial charge in [0.15, 0.2) is 0 Å². The van der Waals surface area contributed by atoms with E-state index in [2.05, 4.69) is 0 Å². The van der Waals surface area contributed by atoms with Crippen LogP contribution in [0.5, 0.6) is 0 Å². The lowest BCUT2D eigenvalue weighted by molar-refractivity contribution is -0.138. The van der Waals surface area contributed by atoms with Crippen molar-refractivity contribution in [1.82, 2.24) is 0 Å². The van der Waals surface area contributed by atoms with E-state index in [1.807, 2.05) is 73.7 Å². The molecule has 1 unspecified atom stereocenters. The molecule has 0 aliphatic carbocycles. The molecule has 20 heavy (non-hydrogen) atoms. The summed E-state index contributed by atoms with van der Waals surface area (Å²) in [5.74, 6) is -1.27. The molecule has 0 fully saturated rings. The highest BCUT2D eigenvalue weighted by Gasteiger charge is 2.19. The van der Waals surface area contributed by atoms with Crippen LogP contribution >= 0.6 is 0 Å². The summed E-state index contributed by atoms with van der Waals surface area (Å²) < 4.78 is 0. The first-order valence-corrected chi connectivity index (χ1v) is 6.68. The Morgan fingerprint density at radius 1 is 1.10 bits per heavy atom. The molecule has 0 saturated heterocycles. The molecule has 1 N–H and O–H groups in total. The summed E-state index contributed by atoms with van der Waals surface area (Å²) in [6.07, 6.45) is 4.39. The third kappa shape index (κ3) is 3.58. The number of aryl methyl sites for hydroxylation is 1. The maximum absolute atomic E-state index is 11.5. The van der Waals surface area contributed by atoms with Gasteiger partial charge in [-0.2, -0.15) is 0 Å². The van der Waals surface area contributed by atoms with Crippen molar-refractivity contribution in [2.45, 2.75) is 19.3 Å². The molecular weight excluding hydrogens is 248 g/mol. The van der Waals surface area contributed by atoms with E-state index in [1.165, 1.54) is 0 Å². The highest BCUT2D eigenvalue weighted by Crippen LogP contribution is 2.24. The molecule has 2 aromatic rings. The van der Waals surface area contributed by atoms with Gasteiger partial charge >= 0.3 is 5.97 Å². The van der Waals surface area contributed by atoms with Crippen LogP contribution in [0, 0.1) is 6.92 Å². The van der Waals surface area contributed by atoms with Gasteiger partial charge in [-0.05, 0) is 30.0 Å².